The molecule has 6 nitrogen and oxygen atoms in total. The summed E-state index contributed by atoms with van der Waals surface area (Å²) in [5.74, 6) is -1.37. The van der Waals surface area contributed by atoms with Gasteiger partial charge in [0.25, 0.3) is 5.91 Å². The molecule has 1 heterocycles. The molecule has 4 rings (SSSR count). The van der Waals surface area contributed by atoms with Crippen LogP contribution in [0.5, 0.6) is 0 Å². The first-order valence-electron chi connectivity index (χ1n) is 11.2. The predicted octanol–water partition coefficient (Wildman–Crippen LogP) is 4.51. The number of hydrogen-bond acceptors (Lipinski definition) is 4. The molecule has 1 aliphatic rings. The number of hydrogen-bond donors (Lipinski definition) is 1. The van der Waals surface area contributed by atoms with Crippen LogP contribution in [0, 0.1) is 26.6 Å². The molecule has 0 aliphatic carbocycles. The van der Waals surface area contributed by atoms with Crippen molar-refractivity contribution in [2.45, 2.75) is 25.7 Å². The highest BCUT2D eigenvalue weighted by atomic mass is 32.2. The number of amides is 1. The van der Waals surface area contributed by atoms with Gasteiger partial charge in [0.1, 0.15) is 10.7 Å². The highest BCUT2D eigenvalue weighted by molar-refractivity contribution is 7.89. The quantitative estimate of drug-likeness (QED) is 0.582. The first-order valence-corrected chi connectivity index (χ1v) is 12.6. The van der Waals surface area contributed by atoms with E-state index in [0.29, 0.717) is 18.8 Å². The van der Waals surface area contributed by atoms with Crippen LogP contribution in [0.3, 0.4) is 0 Å². The van der Waals surface area contributed by atoms with Gasteiger partial charge < -0.3 is 10.2 Å². The molecule has 178 valence electrons. The van der Waals surface area contributed by atoms with Gasteiger partial charge in [-0.25, -0.2) is 12.8 Å². The van der Waals surface area contributed by atoms with Crippen molar-refractivity contribution >= 4 is 27.3 Å². The fraction of sp³-hybridized carbons (Fsp3) is 0.269. The van der Waals surface area contributed by atoms with Crippen LogP contribution in [-0.2, 0) is 10.0 Å². The Morgan fingerprint density at radius 3 is 2.29 bits per heavy atom. The van der Waals surface area contributed by atoms with Gasteiger partial charge in [0.15, 0.2) is 0 Å². The molecule has 0 saturated carbocycles. The average Bonchev–Trinajstić information content (AvgIpc) is 2.82. The van der Waals surface area contributed by atoms with E-state index in [4.69, 9.17) is 0 Å². The van der Waals surface area contributed by atoms with E-state index < -0.39 is 26.6 Å². The molecule has 0 aromatic heterocycles. The summed E-state index contributed by atoms with van der Waals surface area (Å²) >= 11 is 0. The minimum absolute atomic E-state index is 0.0808. The van der Waals surface area contributed by atoms with E-state index >= 15 is 0 Å². The van der Waals surface area contributed by atoms with Gasteiger partial charge in [-0.05, 0) is 67.8 Å². The lowest BCUT2D eigenvalue weighted by Gasteiger charge is -2.36. The fourth-order valence-electron chi connectivity index (χ4n) is 4.12. The molecule has 1 amide bonds. The zero-order valence-electron chi connectivity index (χ0n) is 19.5. The van der Waals surface area contributed by atoms with Gasteiger partial charge in [0, 0.05) is 43.1 Å². The molecule has 3 aromatic carbocycles. The van der Waals surface area contributed by atoms with E-state index in [2.05, 4.69) is 22.3 Å². The number of halogens is 1. The molecule has 0 radical (unpaired) electrons. The van der Waals surface area contributed by atoms with Crippen molar-refractivity contribution < 1.29 is 17.6 Å². The van der Waals surface area contributed by atoms with Crippen molar-refractivity contribution in [3.8, 4) is 0 Å². The minimum Gasteiger partial charge on any atom is -0.369 e. The molecule has 1 aliphatic heterocycles. The van der Waals surface area contributed by atoms with E-state index in [0.717, 1.165) is 34.5 Å². The summed E-state index contributed by atoms with van der Waals surface area (Å²) in [5.41, 5.74) is 4.91. The number of sulfonamides is 1. The van der Waals surface area contributed by atoms with Crippen LogP contribution in [0.15, 0.2) is 65.6 Å². The number of carbonyl (C=O) groups excluding carboxylic acids is 1. The largest absolute Gasteiger partial charge is 0.369 e. The number of piperazine rings is 1. The molecule has 0 bridgehead atoms. The van der Waals surface area contributed by atoms with E-state index in [9.17, 15) is 17.6 Å². The van der Waals surface area contributed by atoms with E-state index in [1.807, 2.05) is 39.0 Å². The Hall–Kier alpha value is -3.23. The van der Waals surface area contributed by atoms with Gasteiger partial charge in [0.2, 0.25) is 10.0 Å². The molecular formula is C26H28FN3O3S. The second-order valence-corrected chi connectivity index (χ2v) is 10.5. The molecule has 0 spiro atoms. The van der Waals surface area contributed by atoms with E-state index in [1.54, 1.807) is 12.1 Å². The van der Waals surface area contributed by atoms with Crippen molar-refractivity contribution in [1.29, 1.82) is 0 Å². The molecule has 0 atom stereocenters. The highest BCUT2D eigenvalue weighted by Crippen LogP contribution is 2.27. The third-order valence-electron chi connectivity index (χ3n) is 6.15. The van der Waals surface area contributed by atoms with Crippen molar-refractivity contribution in [3.63, 3.8) is 0 Å². The van der Waals surface area contributed by atoms with E-state index in [1.165, 1.54) is 10.4 Å². The SMILES string of the molecule is Cc1ccc(C)c(N2CCN(S(=O)(=O)c3cc(C(=O)Nc4ccccc4C)ccc3F)CC2)c1. The third-order valence-corrected chi connectivity index (χ3v) is 8.06. The van der Waals surface area contributed by atoms with Crippen LogP contribution < -0.4 is 10.2 Å². The number of rotatable bonds is 5. The number of nitrogens with zero attached hydrogens (tertiary/aromatic N) is 2. The Balaban J connectivity index is 1.53. The Bertz CT molecular complexity index is 1330. The molecule has 8 heteroatoms. The summed E-state index contributed by atoms with van der Waals surface area (Å²) in [6.45, 7) is 7.37. The van der Waals surface area contributed by atoms with Crippen molar-refractivity contribution in [2.75, 3.05) is 36.4 Å². The second-order valence-electron chi connectivity index (χ2n) is 8.60. The maximum Gasteiger partial charge on any atom is 0.255 e. The lowest BCUT2D eigenvalue weighted by molar-refractivity contribution is 0.102. The maximum absolute atomic E-state index is 14.7. The highest BCUT2D eigenvalue weighted by Gasteiger charge is 2.31. The zero-order chi connectivity index (χ0) is 24.5. The van der Waals surface area contributed by atoms with Crippen LogP contribution in [0.25, 0.3) is 0 Å². The monoisotopic (exact) mass is 481 g/mol. The van der Waals surface area contributed by atoms with Crippen LogP contribution in [0.1, 0.15) is 27.0 Å². The first-order chi connectivity index (χ1) is 16.2. The first kappa shape index (κ1) is 23.9. The standard InChI is InChI=1S/C26H28FN3O3S/c1-18-8-9-20(3)24(16-18)29-12-14-30(15-13-29)34(32,33)25-17-21(10-11-22(25)27)26(31)28-23-7-5-4-6-19(23)2/h4-11,16-17H,12-15H2,1-3H3,(H,28,31). The smallest absolute Gasteiger partial charge is 0.255 e. The molecule has 0 unspecified atom stereocenters. The van der Waals surface area contributed by atoms with Crippen molar-refractivity contribution in [3.05, 3.63) is 88.7 Å². The molecule has 3 aromatic rings. The Morgan fingerprint density at radius 2 is 1.59 bits per heavy atom. The van der Waals surface area contributed by atoms with Gasteiger partial charge in [0.05, 0.1) is 0 Å². The maximum atomic E-state index is 14.7. The minimum atomic E-state index is -4.10. The number of nitrogens with one attached hydrogen (secondary N) is 1. The lowest BCUT2D eigenvalue weighted by Crippen LogP contribution is -2.49. The molecule has 1 N–H and O–H groups in total. The summed E-state index contributed by atoms with van der Waals surface area (Å²) in [6.07, 6.45) is 0. The van der Waals surface area contributed by atoms with Crippen LogP contribution in [0.2, 0.25) is 0 Å². The predicted molar refractivity (Wildman–Crippen MR) is 132 cm³/mol. The molecule has 1 saturated heterocycles. The number of anilines is 2. The topological polar surface area (TPSA) is 69.7 Å². The number of para-hydroxylation sites is 1. The zero-order valence-corrected chi connectivity index (χ0v) is 20.3. The fourth-order valence-corrected chi connectivity index (χ4v) is 5.63. The third kappa shape index (κ3) is 4.83. The second kappa shape index (κ2) is 9.56. The van der Waals surface area contributed by atoms with Crippen LogP contribution in [0.4, 0.5) is 15.8 Å². The number of benzene rings is 3. The van der Waals surface area contributed by atoms with Gasteiger partial charge in [-0.2, -0.15) is 4.31 Å². The summed E-state index contributed by atoms with van der Waals surface area (Å²) in [7, 11) is -4.10. The molecule has 1 fully saturated rings. The van der Waals surface area contributed by atoms with Crippen LogP contribution >= 0.6 is 0 Å². The van der Waals surface area contributed by atoms with Gasteiger partial charge in [-0.1, -0.05) is 30.3 Å². The number of aryl methyl sites for hydroxylation is 3. The van der Waals surface area contributed by atoms with Gasteiger partial charge in [-0.15, -0.1) is 0 Å². The lowest BCUT2D eigenvalue weighted by atomic mass is 10.1. The summed E-state index contributed by atoms with van der Waals surface area (Å²) in [4.78, 5) is 14.4. The molecular weight excluding hydrogens is 453 g/mol. The summed E-state index contributed by atoms with van der Waals surface area (Å²) in [6, 6.07) is 16.9. The Labute approximate surface area is 200 Å². The Kier molecular flexibility index (Phi) is 6.72. The van der Waals surface area contributed by atoms with E-state index in [-0.39, 0.29) is 18.7 Å². The normalized spacial score (nSPS) is 14.8. The summed E-state index contributed by atoms with van der Waals surface area (Å²) in [5, 5.41) is 2.76. The summed E-state index contributed by atoms with van der Waals surface area (Å²) < 4.78 is 42.5. The average molecular weight is 482 g/mol. The van der Waals surface area contributed by atoms with Crippen LogP contribution in [-0.4, -0.2) is 44.8 Å². The van der Waals surface area contributed by atoms with Crippen molar-refractivity contribution in [2.24, 2.45) is 0 Å². The molecule has 34 heavy (non-hydrogen) atoms. The Morgan fingerprint density at radius 1 is 0.882 bits per heavy atom. The van der Waals surface area contributed by atoms with Gasteiger partial charge >= 0.3 is 0 Å². The number of carbonyl (C=O) groups is 1. The van der Waals surface area contributed by atoms with Crippen molar-refractivity contribution in [1.82, 2.24) is 4.31 Å². The van der Waals surface area contributed by atoms with Gasteiger partial charge in [-0.3, -0.25) is 4.79 Å².